The van der Waals surface area contributed by atoms with E-state index < -0.39 is 62.1 Å². The summed E-state index contributed by atoms with van der Waals surface area (Å²) in [5.74, 6) is -3.04. The van der Waals surface area contributed by atoms with E-state index in [2.05, 4.69) is 5.32 Å². The molecule has 0 unspecified atom stereocenters. The summed E-state index contributed by atoms with van der Waals surface area (Å²) >= 11 is 1.14. The van der Waals surface area contributed by atoms with Gasteiger partial charge in [0.2, 0.25) is 0 Å². The molecule has 10 nitrogen and oxygen atoms in total. The lowest BCUT2D eigenvalue weighted by Gasteiger charge is -2.31. The smallest absolute Gasteiger partial charge is 0.414 e. The Morgan fingerprint density at radius 2 is 1.78 bits per heavy atom. The fourth-order valence-electron chi connectivity index (χ4n) is 3.56. The van der Waals surface area contributed by atoms with E-state index in [0.29, 0.717) is 11.3 Å². The summed E-state index contributed by atoms with van der Waals surface area (Å²) in [6.07, 6.45) is -1.02. The van der Waals surface area contributed by atoms with E-state index in [9.17, 15) is 32.3 Å². The summed E-state index contributed by atoms with van der Waals surface area (Å²) in [4.78, 5) is 38.1. The van der Waals surface area contributed by atoms with Crippen LogP contribution >= 0.6 is 11.8 Å². The first-order valence-corrected chi connectivity index (χ1v) is 13.6. The normalized spacial score (nSPS) is 17.6. The topological polar surface area (TPSA) is 133 Å². The van der Waals surface area contributed by atoms with E-state index in [0.717, 1.165) is 23.9 Å². The first-order valence-electron chi connectivity index (χ1n) is 11.2. The maximum atomic E-state index is 14.6. The zero-order valence-electron chi connectivity index (χ0n) is 20.7. The maximum Gasteiger partial charge on any atom is 0.414 e. The number of carbonyl (C=O) groups is 3. The van der Waals surface area contributed by atoms with Crippen molar-refractivity contribution in [2.24, 2.45) is 0 Å². The number of carboxylic acids is 1. The molecule has 1 aliphatic rings. The second-order valence-electron chi connectivity index (χ2n) is 9.25. The zero-order chi connectivity index (χ0) is 27.5. The minimum absolute atomic E-state index is 0.190. The highest BCUT2D eigenvalue weighted by atomic mass is 32.2. The Labute approximate surface area is 218 Å². The molecule has 2 aromatic rings. The van der Waals surface area contributed by atoms with Crippen LogP contribution in [0.1, 0.15) is 19.4 Å². The van der Waals surface area contributed by atoms with Crippen molar-refractivity contribution in [1.82, 2.24) is 14.5 Å². The molecule has 37 heavy (non-hydrogen) atoms. The van der Waals surface area contributed by atoms with Crippen molar-refractivity contribution in [3.63, 3.8) is 0 Å². The van der Waals surface area contributed by atoms with Gasteiger partial charge in [0.15, 0.2) is 0 Å². The Balaban J connectivity index is 2.00. The third kappa shape index (κ3) is 6.59. The molecule has 0 aliphatic carbocycles. The molecule has 13 heteroatoms. The van der Waals surface area contributed by atoms with Crippen molar-refractivity contribution in [3.05, 3.63) is 59.9 Å². The predicted octanol–water partition coefficient (Wildman–Crippen LogP) is 2.54. The molecule has 3 rings (SSSR count). The number of aliphatic carboxylic acids is 1. The Bertz CT molecular complexity index is 1280. The molecule has 2 N–H and O–H groups in total. The van der Waals surface area contributed by atoms with Gasteiger partial charge in [0.1, 0.15) is 27.9 Å². The van der Waals surface area contributed by atoms with Crippen molar-refractivity contribution in [2.75, 3.05) is 19.8 Å². The molecule has 2 aromatic carbocycles. The Morgan fingerprint density at radius 1 is 1.16 bits per heavy atom. The lowest BCUT2D eigenvalue weighted by molar-refractivity contribution is -0.146. The van der Waals surface area contributed by atoms with Gasteiger partial charge < -0.3 is 14.7 Å². The third-order valence-corrected chi connectivity index (χ3v) is 8.82. The van der Waals surface area contributed by atoms with Crippen molar-refractivity contribution in [1.29, 1.82) is 0 Å². The molecule has 2 atom stereocenters. The number of amides is 2. The van der Waals surface area contributed by atoms with Gasteiger partial charge in [-0.05, 0) is 43.7 Å². The van der Waals surface area contributed by atoms with Crippen LogP contribution in [0.15, 0.2) is 53.4 Å². The molecule has 0 radical (unpaired) electrons. The summed E-state index contributed by atoms with van der Waals surface area (Å²) in [6.45, 7) is 3.64. The number of rotatable bonds is 8. The minimum Gasteiger partial charge on any atom is -0.480 e. The largest absolute Gasteiger partial charge is 0.480 e. The summed E-state index contributed by atoms with van der Waals surface area (Å²) in [5.41, 5.74) is -0.150. The quantitative estimate of drug-likeness (QED) is 0.506. The molecule has 0 aromatic heterocycles. The molecular formula is C24H28FN3O7S2. The minimum atomic E-state index is -4.90. The Morgan fingerprint density at radius 3 is 2.30 bits per heavy atom. The summed E-state index contributed by atoms with van der Waals surface area (Å²) < 4.78 is 47.2. The van der Waals surface area contributed by atoms with Gasteiger partial charge in [-0.3, -0.25) is 10.1 Å². The summed E-state index contributed by atoms with van der Waals surface area (Å²) in [5, 5.41) is 12.0. The number of halogens is 1. The number of thioether (sulfide) groups is 1. The van der Waals surface area contributed by atoms with E-state index in [1.165, 1.54) is 55.4 Å². The summed E-state index contributed by atoms with van der Waals surface area (Å²) in [7, 11) is -1.89. The van der Waals surface area contributed by atoms with Gasteiger partial charge in [-0.15, -0.1) is 11.8 Å². The van der Waals surface area contributed by atoms with Gasteiger partial charge in [-0.1, -0.05) is 24.3 Å². The van der Waals surface area contributed by atoms with Crippen LogP contribution < -0.4 is 10.1 Å². The molecule has 1 heterocycles. The number of sulfonamides is 1. The fraction of sp³-hybridized carbons (Fsp3) is 0.375. The van der Waals surface area contributed by atoms with Crippen LogP contribution in [0, 0.1) is 5.82 Å². The Kier molecular flexibility index (Phi) is 8.50. The molecule has 0 saturated carbocycles. The monoisotopic (exact) mass is 553 g/mol. The number of nitrogens with one attached hydrogen (secondary N) is 1. The van der Waals surface area contributed by atoms with Gasteiger partial charge in [-0.25, -0.2) is 26.7 Å². The number of ether oxygens (including phenoxy) is 1. The molecule has 200 valence electrons. The number of nitrogens with zero attached hydrogens (tertiary/aromatic N) is 2. The van der Waals surface area contributed by atoms with Gasteiger partial charge in [0, 0.05) is 31.8 Å². The van der Waals surface area contributed by atoms with Crippen LogP contribution in [0.3, 0.4) is 0 Å². The van der Waals surface area contributed by atoms with Crippen molar-refractivity contribution >= 4 is 39.8 Å². The highest BCUT2D eigenvalue weighted by Crippen LogP contribution is 2.31. The SMILES string of the molecule is CN(C)C(=O)Oc1ccc(C[C@@H](C(=O)O)N(C(=O)[C@H]2NC(C)(C)CS2)S(=O)(=O)c2ccccc2F)cc1. The molecule has 1 aliphatic heterocycles. The molecule has 2 amide bonds. The lowest BCUT2D eigenvalue weighted by atomic mass is 10.1. The van der Waals surface area contributed by atoms with E-state index in [1.807, 2.05) is 13.8 Å². The fourth-order valence-corrected chi connectivity index (χ4v) is 6.57. The highest BCUT2D eigenvalue weighted by molar-refractivity contribution is 8.01. The van der Waals surface area contributed by atoms with Crippen molar-refractivity contribution in [3.8, 4) is 5.75 Å². The second kappa shape index (κ2) is 11.1. The average molecular weight is 554 g/mol. The predicted molar refractivity (Wildman–Crippen MR) is 135 cm³/mol. The van der Waals surface area contributed by atoms with Gasteiger partial charge in [-0.2, -0.15) is 0 Å². The molecular weight excluding hydrogens is 525 g/mol. The van der Waals surface area contributed by atoms with Crippen LogP contribution in [0.4, 0.5) is 9.18 Å². The second-order valence-corrected chi connectivity index (χ2v) is 12.1. The number of hydrogen-bond acceptors (Lipinski definition) is 8. The van der Waals surface area contributed by atoms with Crippen molar-refractivity contribution in [2.45, 2.75) is 42.1 Å². The standard InChI is InChI=1S/C24H28FN3O7S2/c1-24(2)14-36-20(26-24)21(29)28(37(33,34)19-8-6-5-7-17(19)25)18(22(30)31)13-15-9-11-16(12-10-15)35-23(32)27(3)4/h5-12,18,20,26H,13-14H2,1-4H3,(H,30,31)/t18-,20-/m0/s1. The van der Waals surface area contributed by atoms with Gasteiger partial charge in [0.25, 0.3) is 15.9 Å². The maximum absolute atomic E-state index is 14.6. The third-order valence-electron chi connectivity index (χ3n) is 5.44. The van der Waals surface area contributed by atoms with E-state index >= 15 is 0 Å². The van der Waals surface area contributed by atoms with Crippen LogP contribution in [-0.2, 0) is 26.0 Å². The number of hydrogen-bond donors (Lipinski definition) is 2. The van der Waals surface area contributed by atoms with Gasteiger partial charge in [0.05, 0.1) is 0 Å². The summed E-state index contributed by atoms with van der Waals surface area (Å²) in [6, 6.07) is 8.36. The number of benzene rings is 2. The van der Waals surface area contributed by atoms with E-state index in [1.54, 1.807) is 0 Å². The number of carboxylic acid groups (broad SMARTS) is 1. The van der Waals surface area contributed by atoms with Crippen LogP contribution in [-0.4, -0.2) is 77.5 Å². The molecule has 1 fully saturated rings. The van der Waals surface area contributed by atoms with E-state index in [4.69, 9.17) is 4.74 Å². The molecule has 0 spiro atoms. The molecule has 1 saturated heterocycles. The average Bonchev–Trinajstić information content (AvgIpc) is 3.19. The van der Waals surface area contributed by atoms with E-state index in [-0.39, 0.29) is 10.1 Å². The molecule has 0 bridgehead atoms. The first kappa shape index (κ1) is 28.4. The lowest BCUT2D eigenvalue weighted by Crippen LogP contribution is -2.55. The highest BCUT2D eigenvalue weighted by Gasteiger charge is 2.46. The van der Waals surface area contributed by atoms with Gasteiger partial charge >= 0.3 is 12.1 Å². The Hall–Kier alpha value is -3.16. The first-order chi connectivity index (χ1) is 17.2. The number of carbonyl (C=O) groups excluding carboxylic acids is 2. The van der Waals surface area contributed by atoms with Crippen LogP contribution in [0.5, 0.6) is 5.75 Å². The van der Waals surface area contributed by atoms with Crippen LogP contribution in [0.2, 0.25) is 0 Å². The zero-order valence-corrected chi connectivity index (χ0v) is 22.3. The van der Waals surface area contributed by atoms with Crippen molar-refractivity contribution < 1.29 is 37.0 Å². The van der Waals surface area contributed by atoms with Crippen LogP contribution in [0.25, 0.3) is 0 Å².